The molecule has 0 aliphatic rings. The molecular formula is C30H58O4Sn. The Hall–Kier alpha value is -0.781. The summed E-state index contributed by atoms with van der Waals surface area (Å²) in [6, 6.07) is 0. The van der Waals surface area contributed by atoms with Crippen LogP contribution in [0.3, 0.4) is 0 Å². The van der Waals surface area contributed by atoms with Gasteiger partial charge in [0, 0.05) is 11.9 Å². The molecule has 0 spiro atoms. The number of carboxylic acids is 2. The molecule has 206 valence electrons. The van der Waals surface area contributed by atoms with Gasteiger partial charge in [-0.15, -0.1) is 13.2 Å². The van der Waals surface area contributed by atoms with E-state index < -0.39 is 11.9 Å². The molecule has 0 aliphatic heterocycles. The second-order valence-corrected chi connectivity index (χ2v) is 8.64. The number of hydrogen-bond acceptors (Lipinski definition) is 4. The fourth-order valence-corrected chi connectivity index (χ4v) is 2.53. The summed E-state index contributed by atoms with van der Waals surface area (Å²) in [5.41, 5.74) is 0. The molecule has 0 atom stereocenters. The van der Waals surface area contributed by atoms with Crippen molar-refractivity contribution in [1.82, 2.24) is 0 Å². The number of carboxylic acid groups (broad SMARTS) is 2. The van der Waals surface area contributed by atoms with E-state index in [1.54, 1.807) is 0 Å². The van der Waals surface area contributed by atoms with Crippen molar-refractivity contribution in [2.24, 2.45) is 0 Å². The smallest absolute Gasteiger partial charge is 0.550 e. The van der Waals surface area contributed by atoms with Gasteiger partial charge in [0.15, 0.2) is 0 Å². The maximum Gasteiger partial charge on any atom is 2.00 e. The Morgan fingerprint density at radius 1 is 0.514 bits per heavy atom. The van der Waals surface area contributed by atoms with Gasteiger partial charge in [0.05, 0.1) is 0 Å². The quantitative estimate of drug-likeness (QED) is 0.0833. The molecule has 0 saturated heterocycles. The van der Waals surface area contributed by atoms with E-state index in [1.165, 1.54) is 64.2 Å². The summed E-state index contributed by atoms with van der Waals surface area (Å²) in [6.45, 7) is 16.0. The number of hydrogen-bond donors (Lipinski definition) is 0. The summed E-state index contributed by atoms with van der Waals surface area (Å²) in [6.07, 6.45) is 24.9. The molecule has 4 nitrogen and oxygen atoms in total. The minimum absolute atomic E-state index is 0. The number of allylic oxidation sites excluding steroid dienone is 2. The van der Waals surface area contributed by atoms with E-state index in [-0.39, 0.29) is 36.7 Å². The number of aliphatic carboxylic acids is 2. The van der Waals surface area contributed by atoms with Crippen LogP contribution in [0.1, 0.15) is 156 Å². The van der Waals surface area contributed by atoms with Gasteiger partial charge < -0.3 is 19.8 Å². The Bertz CT molecular complexity index is 369. The molecule has 0 fully saturated rings. The molecule has 0 heterocycles. The average molecular weight is 602 g/mol. The Labute approximate surface area is 236 Å². The van der Waals surface area contributed by atoms with E-state index in [2.05, 4.69) is 40.9 Å². The average Bonchev–Trinajstić information content (AvgIpc) is 2.83. The fraction of sp³-hybridized carbons (Fsp3) is 0.800. The standard InChI is InChI=1S/2C11H20O2.2C4H10.Sn/c2*1-2-3-4-5-6-7-8-9-10-11(12)13;2*1-3-4-2;/h2*2H,1,3-10H2,(H,12,13);2*3-4H2,1-2H3;/q;;;;+2/p-2. The van der Waals surface area contributed by atoms with Crippen LogP contribution in [0, 0.1) is 0 Å². The summed E-state index contributed by atoms with van der Waals surface area (Å²) >= 11 is 0. The molecule has 35 heavy (non-hydrogen) atoms. The summed E-state index contributed by atoms with van der Waals surface area (Å²) < 4.78 is 0. The monoisotopic (exact) mass is 602 g/mol. The summed E-state index contributed by atoms with van der Waals surface area (Å²) in [5, 5.41) is 20.1. The fourth-order valence-electron chi connectivity index (χ4n) is 2.53. The van der Waals surface area contributed by atoms with Crippen molar-refractivity contribution in [2.75, 3.05) is 0 Å². The summed E-state index contributed by atoms with van der Waals surface area (Å²) in [5.74, 6) is -1.85. The molecule has 0 unspecified atom stereocenters. The minimum atomic E-state index is -0.924. The van der Waals surface area contributed by atoms with Gasteiger partial charge in [-0.25, -0.2) is 0 Å². The SMILES string of the molecule is C=CCCCCCCCCC(=O)[O-].C=CCCCCCCCCC(=O)[O-].CCCC.CCCC.[Sn+2]. The number of rotatable bonds is 20. The van der Waals surface area contributed by atoms with E-state index in [4.69, 9.17) is 0 Å². The van der Waals surface area contributed by atoms with Gasteiger partial charge in [-0.3, -0.25) is 0 Å². The summed E-state index contributed by atoms with van der Waals surface area (Å²) in [7, 11) is 0. The molecule has 2 radical (unpaired) electrons. The molecule has 0 rings (SSSR count). The normalized spacial score (nSPS) is 9.03. The van der Waals surface area contributed by atoms with Crippen molar-refractivity contribution in [3.63, 3.8) is 0 Å². The number of carbonyl (C=O) groups is 2. The Morgan fingerprint density at radius 3 is 0.943 bits per heavy atom. The first kappa shape index (κ1) is 44.2. The third-order valence-electron chi connectivity index (χ3n) is 5.08. The van der Waals surface area contributed by atoms with Crippen molar-refractivity contribution in [3.05, 3.63) is 25.3 Å². The molecule has 0 aromatic rings. The van der Waals surface area contributed by atoms with E-state index in [0.29, 0.717) is 0 Å². The first-order valence-electron chi connectivity index (χ1n) is 14.0. The topological polar surface area (TPSA) is 80.3 Å². The van der Waals surface area contributed by atoms with Crippen LogP contribution >= 0.6 is 0 Å². The maximum atomic E-state index is 10.1. The van der Waals surface area contributed by atoms with E-state index in [0.717, 1.165) is 51.4 Å². The van der Waals surface area contributed by atoms with Gasteiger partial charge in [-0.2, -0.15) is 0 Å². The zero-order valence-corrected chi connectivity index (χ0v) is 26.7. The molecule has 0 bridgehead atoms. The van der Waals surface area contributed by atoms with Crippen LogP contribution in [-0.4, -0.2) is 35.8 Å². The molecule has 5 heteroatoms. The van der Waals surface area contributed by atoms with Gasteiger partial charge in [0.1, 0.15) is 0 Å². The van der Waals surface area contributed by atoms with Crippen LogP contribution in [0.5, 0.6) is 0 Å². The van der Waals surface area contributed by atoms with Crippen LogP contribution < -0.4 is 10.2 Å². The second kappa shape index (κ2) is 46.5. The largest absolute Gasteiger partial charge is 2.00 e. The van der Waals surface area contributed by atoms with Crippen molar-refractivity contribution in [3.8, 4) is 0 Å². The van der Waals surface area contributed by atoms with Crippen LogP contribution in [0.15, 0.2) is 25.3 Å². The van der Waals surface area contributed by atoms with Crippen LogP contribution in [0.2, 0.25) is 0 Å². The van der Waals surface area contributed by atoms with Crippen molar-refractivity contribution < 1.29 is 19.8 Å². The van der Waals surface area contributed by atoms with Gasteiger partial charge in [0.25, 0.3) is 0 Å². The predicted octanol–water partition coefficient (Wildman–Crippen LogP) is 7.32. The predicted molar refractivity (Wildman–Crippen MR) is 151 cm³/mol. The first-order chi connectivity index (χ1) is 16.4. The second-order valence-electron chi connectivity index (χ2n) is 8.64. The molecular weight excluding hydrogens is 543 g/mol. The molecule has 0 amide bonds. The summed E-state index contributed by atoms with van der Waals surface area (Å²) in [4.78, 5) is 20.1. The van der Waals surface area contributed by atoms with Crippen molar-refractivity contribution >= 4 is 35.8 Å². The van der Waals surface area contributed by atoms with E-state index >= 15 is 0 Å². The van der Waals surface area contributed by atoms with Gasteiger partial charge in [-0.05, 0) is 51.4 Å². The maximum absolute atomic E-state index is 10.1. The number of carbonyl (C=O) groups excluding carboxylic acids is 2. The van der Waals surface area contributed by atoms with Crippen LogP contribution in [0.4, 0.5) is 0 Å². The van der Waals surface area contributed by atoms with E-state index in [1.807, 2.05) is 12.2 Å². The molecule has 0 N–H and O–H groups in total. The molecule has 0 aromatic heterocycles. The Morgan fingerprint density at radius 2 is 0.743 bits per heavy atom. The molecule has 0 saturated carbocycles. The van der Waals surface area contributed by atoms with Crippen LogP contribution in [-0.2, 0) is 9.59 Å². The molecule has 0 aromatic carbocycles. The third kappa shape index (κ3) is 71.9. The van der Waals surface area contributed by atoms with Gasteiger partial charge >= 0.3 is 23.9 Å². The minimum Gasteiger partial charge on any atom is -0.550 e. The Kier molecular flexibility index (Phi) is 58.8. The zero-order chi connectivity index (χ0) is 26.7. The molecule has 0 aliphatic carbocycles. The Balaban J connectivity index is -0.000000128. The third-order valence-corrected chi connectivity index (χ3v) is 5.08. The van der Waals surface area contributed by atoms with Crippen molar-refractivity contribution in [2.45, 2.75) is 156 Å². The number of unbranched alkanes of at least 4 members (excludes halogenated alkanes) is 14. The van der Waals surface area contributed by atoms with Gasteiger partial charge in [-0.1, -0.05) is 117 Å². The first-order valence-corrected chi connectivity index (χ1v) is 14.0. The zero-order valence-electron chi connectivity index (χ0n) is 23.8. The van der Waals surface area contributed by atoms with Crippen molar-refractivity contribution in [1.29, 1.82) is 0 Å². The van der Waals surface area contributed by atoms with Gasteiger partial charge in [0.2, 0.25) is 0 Å². The van der Waals surface area contributed by atoms with E-state index in [9.17, 15) is 19.8 Å². The van der Waals surface area contributed by atoms with Crippen LogP contribution in [0.25, 0.3) is 0 Å².